The van der Waals surface area contributed by atoms with Gasteiger partial charge in [0.2, 0.25) is 0 Å². The van der Waals surface area contributed by atoms with Gasteiger partial charge in [-0.15, -0.1) is 0 Å². The molecule has 0 aromatic heterocycles. The lowest BCUT2D eigenvalue weighted by Gasteiger charge is -2.61. The van der Waals surface area contributed by atoms with E-state index < -0.39 is 70.1 Å². The number of nitrogens with zero attached hydrogens (tertiary/aromatic N) is 1. The molecule has 0 bridgehead atoms. The van der Waals surface area contributed by atoms with Crippen LogP contribution in [0, 0.1) is 38.5 Å². The van der Waals surface area contributed by atoms with Crippen molar-refractivity contribution in [3.8, 4) is 0 Å². The molecule has 0 unspecified atom stereocenters. The molecule has 5 aromatic carbocycles. The van der Waals surface area contributed by atoms with Crippen LogP contribution in [0.4, 0.5) is 5.69 Å². The van der Waals surface area contributed by atoms with E-state index in [-0.39, 0.29) is 6.42 Å². The second kappa shape index (κ2) is 15.1. The second-order valence-electron chi connectivity index (χ2n) is 18.5. The number of ether oxygens (including phenoxy) is 4. The fourth-order valence-electron chi connectivity index (χ4n) is 10.5. The van der Waals surface area contributed by atoms with E-state index in [1.54, 1.807) is 27.7 Å². The number of carbonyl (C=O) groups excluding carboxylic acids is 4. The quantitative estimate of drug-likeness (QED) is 0.126. The molecule has 3 aliphatic heterocycles. The van der Waals surface area contributed by atoms with E-state index in [2.05, 4.69) is 20.8 Å². The maximum atomic E-state index is 15.8. The van der Waals surface area contributed by atoms with E-state index in [0.717, 1.165) is 38.0 Å². The highest BCUT2D eigenvalue weighted by Crippen LogP contribution is 2.70. The summed E-state index contributed by atoms with van der Waals surface area (Å²) in [4.78, 5) is 64.9. The molecule has 0 N–H and O–H groups in total. The Morgan fingerprint density at radius 1 is 0.476 bits per heavy atom. The van der Waals surface area contributed by atoms with Crippen molar-refractivity contribution in [1.29, 1.82) is 0 Å². The maximum Gasteiger partial charge on any atom is 0.330 e. The van der Waals surface area contributed by atoms with Gasteiger partial charge in [-0.05, 0) is 86.2 Å². The number of hydrogen-bond donors (Lipinski definition) is 0. The molecule has 2 fully saturated rings. The van der Waals surface area contributed by atoms with E-state index in [1.165, 1.54) is 0 Å². The first-order valence-corrected chi connectivity index (χ1v) is 22.1. The Kier molecular flexibility index (Phi) is 10.1. The van der Waals surface area contributed by atoms with Crippen LogP contribution in [-0.2, 0) is 38.1 Å². The molecule has 2 spiro atoms. The standard InChI is InChI=1S/C53H50BrNO8/c1-30-9-17-34(18-10-30)40-29-41-42(43(35-19-11-31(2)12-20-35)52(40)46(56)60-50(5,6)61-47(52)57)44(36-21-13-32(3)14-22-36)53(48(58)62-51(7,8)63-49(53)59)45(37-23-15-33(4)16-24-37)55(41)39-27-25-38(54)26-28-39/h9-28,40,43-45H,29H2,1-8H3/t40-,43-,44-,45-/m0/s1. The highest BCUT2D eigenvalue weighted by Gasteiger charge is 2.75. The van der Waals surface area contributed by atoms with Crippen molar-refractivity contribution < 1.29 is 38.1 Å². The summed E-state index contributed by atoms with van der Waals surface area (Å²) >= 11 is 3.63. The largest absolute Gasteiger partial charge is 0.422 e. The molecule has 63 heavy (non-hydrogen) atoms. The molecule has 4 aliphatic rings. The molecule has 2 saturated heterocycles. The SMILES string of the molecule is Cc1ccc([C@H]2C3=C(C[C@@H](c4ccc(C)cc4)C4(C(=O)OC(C)(C)OC4=O)[C@H]3c3ccc(C)cc3)N(c3ccc(Br)cc3)[C@@H](c3ccc(C)cc3)C23C(=O)OC(C)(C)OC3=O)cc1. The molecule has 4 atom stereocenters. The number of halogens is 1. The molecular formula is C53H50BrNO8. The molecule has 0 radical (unpaired) electrons. The van der Waals surface area contributed by atoms with Gasteiger partial charge in [-0.25, -0.2) is 0 Å². The Hall–Kier alpha value is -6.00. The van der Waals surface area contributed by atoms with Gasteiger partial charge in [0.05, 0.1) is 6.04 Å². The number of carbonyl (C=O) groups is 4. The molecule has 5 aromatic rings. The van der Waals surface area contributed by atoms with Crippen LogP contribution < -0.4 is 4.90 Å². The van der Waals surface area contributed by atoms with Gasteiger partial charge in [0.15, 0.2) is 10.8 Å². The van der Waals surface area contributed by atoms with Crippen LogP contribution in [0.2, 0.25) is 0 Å². The lowest BCUT2D eigenvalue weighted by molar-refractivity contribution is -0.256. The van der Waals surface area contributed by atoms with Crippen LogP contribution in [0.3, 0.4) is 0 Å². The van der Waals surface area contributed by atoms with Crippen LogP contribution in [0.15, 0.2) is 137 Å². The predicted octanol–water partition coefficient (Wildman–Crippen LogP) is 10.9. The van der Waals surface area contributed by atoms with Gasteiger partial charge in [0.25, 0.3) is 11.6 Å². The molecule has 0 amide bonds. The van der Waals surface area contributed by atoms with Crippen LogP contribution in [-0.4, -0.2) is 35.5 Å². The van der Waals surface area contributed by atoms with Gasteiger partial charge in [-0.3, -0.25) is 19.2 Å². The van der Waals surface area contributed by atoms with Crippen LogP contribution in [0.25, 0.3) is 0 Å². The maximum absolute atomic E-state index is 15.8. The minimum atomic E-state index is -2.16. The van der Waals surface area contributed by atoms with Crippen molar-refractivity contribution in [3.05, 3.63) is 182 Å². The number of hydrogen-bond acceptors (Lipinski definition) is 9. The van der Waals surface area contributed by atoms with Crippen LogP contribution in [0.1, 0.15) is 102 Å². The molecule has 3 heterocycles. The average Bonchev–Trinajstić information content (AvgIpc) is 3.22. The summed E-state index contributed by atoms with van der Waals surface area (Å²) in [5.74, 6) is -9.43. The van der Waals surface area contributed by atoms with E-state index in [9.17, 15) is 0 Å². The predicted molar refractivity (Wildman–Crippen MR) is 241 cm³/mol. The fourth-order valence-corrected chi connectivity index (χ4v) is 10.8. The van der Waals surface area contributed by atoms with Gasteiger partial charge in [-0.2, -0.15) is 0 Å². The normalized spacial score (nSPS) is 24.3. The van der Waals surface area contributed by atoms with Crippen molar-refractivity contribution in [2.24, 2.45) is 10.8 Å². The Bertz CT molecular complexity index is 2590. The van der Waals surface area contributed by atoms with Gasteiger partial charge in [0, 0.05) is 61.3 Å². The number of anilines is 1. The monoisotopic (exact) mass is 907 g/mol. The van der Waals surface area contributed by atoms with Crippen LogP contribution in [0.5, 0.6) is 0 Å². The Morgan fingerprint density at radius 2 is 0.825 bits per heavy atom. The zero-order valence-corrected chi connectivity index (χ0v) is 38.2. The number of aryl methyl sites for hydroxylation is 4. The fraction of sp³-hybridized carbons (Fsp3) is 0.321. The molecule has 0 saturated carbocycles. The first-order valence-electron chi connectivity index (χ1n) is 21.3. The lowest BCUT2D eigenvalue weighted by atomic mass is 9.48. The highest BCUT2D eigenvalue weighted by molar-refractivity contribution is 9.10. The smallest absolute Gasteiger partial charge is 0.330 e. The summed E-state index contributed by atoms with van der Waals surface area (Å²) in [5.41, 5.74) is 4.20. The minimum Gasteiger partial charge on any atom is -0.422 e. The first-order chi connectivity index (χ1) is 29.9. The van der Waals surface area contributed by atoms with Crippen molar-refractivity contribution >= 4 is 45.5 Å². The average molecular weight is 909 g/mol. The van der Waals surface area contributed by atoms with Gasteiger partial charge in [0.1, 0.15) is 0 Å². The van der Waals surface area contributed by atoms with Gasteiger partial charge >= 0.3 is 23.9 Å². The summed E-state index contributed by atoms with van der Waals surface area (Å²) in [5, 5.41) is 0. The minimum absolute atomic E-state index is 0.109. The number of benzene rings is 5. The van der Waals surface area contributed by atoms with E-state index >= 15 is 19.2 Å². The zero-order chi connectivity index (χ0) is 44.8. The third-order valence-corrected chi connectivity index (χ3v) is 13.8. The number of rotatable bonds is 5. The van der Waals surface area contributed by atoms with E-state index in [1.807, 2.05) is 149 Å². The Balaban J connectivity index is 1.51. The Morgan fingerprint density at radius 3 is 1.24 bits per heavy atom. The van der Waals surface area contributed by atoms with Crippen LogP contribution >= 0.6 is 15.9 Å². The third-order valence-electron chi connectivity index (χ3n) is 13.3. The van der Waals surface area contributed by atoms with Gasteiger partial charge < -0.3 is 23.8 Å². The molecule has 322 valence electrons. The second-order valence-corrected chi connectivity index (χ2v) is 19.4. The molecule has 9 nitrogen and oxygen atoms in total. The highest BCUT2D eigenvalue weighted by atomic mass is 79.9. The molecule has 10 heteroatoms. The summed E-state index contributed by atoms with van der Waals surface area (Å²) in [6.45, 7) is 14.1. The molecule has 1 aliphatic carbocycles. The summed E-state index contributed by atoms with van der Waals surface area (Å²) < 4.78 is 26.0. The van der Waals surface area contributed by atoms with Crippen molar-refractivity contribution in [1.82, 2.24) is 0 Å². The summed E-state index contributed by atoms with van der Waals surface area (Å²) in [7, 11) is 0. The Labute approximate surface area is 376 Å². The van der Waals surface area contributed by atoms with Crippen molar-refractivity contribution in [2.45, 2.75) is 97.2 Å². The van der Waals surface area contributed by atoms with Gasteiger partial charge in [-0.1, -0.05) is 135 Å². The van der Waals surface area contributed by atoms with Crippen molar-refractivity contribution in [3.63, 3.8) is 0 Å². The summed E-state index contributed by atoms with van der Waals surface area (Å²) in [6.07, 6.45) is 0.109. The van der Waals surface area contributed by atoms with E-state index in [4.69, 9.17) is 18.9 Å². The number of allylic oxidation sites excluding steroid dienone is 2. The number of cyclic esters (lactones) is 4. The first kappa shape index (κ1) is 42.3. The number of esters is 4. The lowest BCUT2D eigenvalue weighted by Crippen LogP contribution is -2.67. The topological polar surface area (TPSA) is 108 Å². The summed E-state index contributed by atoms with van der Waals surface area (Å²) in [6, 6.07) is 37.8. The third kappa shape index (κ3) is 6.71. The van der Waals surface area contributed by atoms with Crippen molar-refractivity contribution in [2.75, 3.05) is 4.90 Å². The zero-order valence-electron chi connectivity index (χ0n) is 36.7. The molecular weight excluding hydrogens is 858 g/mol. The molecule has 9 rings (SSSR count). The van der Waals surface area contributed by atoms with E-state index in [0.29, 0.717) is 28.0 Å².